The molecule has 0 unspecified atom stereocenters. The van der Waals surface area contributed by atoms with Crippen LogP contribution in [0.3, 0.4) is 0 Å². The number of aliphatic hydroxyl groups excluding tert-OH is 1. The fourth-order valence-electron chi connectivity index (χ4n) is 2.25. The van der Waals surface area contributed by atoms with Gasteiger partial charge in [0, 0.05) is 6.04 Å². The van der Waals surface area contributed by atoms with Crippen LogP contribution in [0.1, 0.15) is 44.4 Å². The summed E-state index contributed by atoms with van der Waals surface area (Å²) in [6, 6.07) is 4.26. The van der Waals surface area contributed by atoms with Crippen molar-refractivity contribution >= 4 is 0 Å². The van der Waals surface area contributed by atoms with Gasteiger partial charge in [-0.1, -0.05) is 12.8 Å². The molecule has 3 heteroatoms. The minimum atomic E-state index is -0.198. The van der Waals surface area contributed by atoms with Crippen molar-refractivity contribution in [2.45, 2.75) is 50.8 Å². The van der Waals surface area contributed by atoms with Crippen molar-refractivity contribution in [2.75, 3.05) is 0 Å². The molecule has 1 fully saturated rings. The molecule has 0 spiro atoms. The topological polar surface area (TPSA) is 45.4 Å². The molecule has 0 amide bonds. The van der Waals surface area contributed by atoms with E-state index >= 15 is 0 Å². The highest BCUT2D eigenvalue weighted by molar-refractivity contribution is 5.03. The van der Waals surface area contributed by atoms with Gasteiger partial charge in [0.2, 0.25) is 0 Å². The van der Waals surface area contributed by atoms with E-state index in [1.54, 1.807) is 6.26 Å². The summed E-state index contributed by atoms with van der Waals surface area (Å²) < 4.78 is 5.33. The molecule has 1 aromatic rings. The van der Waals surface area contributed by atoms with Crippen molar-refractivity contribution in [3.05, 3.63) is 24.2 Å². The lowest BCUT2D eigenvalue weighted by Crippen LogP contribution is -2.43. The van der Waals surface area contributed by atoms with Crippen LogP contribution in [0.15, 0.2) is 22.8 Å². The van der Waals surface area contributed by atoms with Gasteiger partial charge in [0.25, 0.3) is 0 Å². The van der Waals surface area contributed by atoms with Gasteiger partial charge in [0.05, 0.1) is 18.4 Å². The van der Waals surface area contributed by atoms with E-state index in [1.165, 1.54) is 6.42 Å². The summed E-state index contributed by atoms with van der Waals surface area (Å²) in [6.45, 7) is 2.07. The summed E-state index contributed by atoms with van der Waals surface area (Å²) >= 11 is 0. The fourth-order valence-corrected chi connectivity index (χ4v) is 2.25. The lowest BCUT2D eigenvalue weighted by atomic mass is 9.92. The summed E-state index contributed by atoms with van der Waals surface area (Å²) in [5, 5.41) is 13.2. The Hall–Kier alpha value is -0.800. The Morgan fingerprint density at radius 2 is 2.27 bits per heavy atom. The second-order valence-corrected chi connectivity index (χ2v) is 4.36. The zero-order valence-corrected chi connectivity index (χ0v) is 9.15. The molecule has 0 aliphatic heterocycles. The van der Waals surface area contributed by atoms with Gasteiger partial charge in [-0.05, 0) is 31.9 Å². The normalized spacial score (nSPS) is 28.9. The third-order valence-electron chi connectivity index (χ3n) is 3.16. The first kappa shape index (κ1) is 10.7. The minimum Gasteiger partial charge on any atom is -0.468 e. The van der Waals surface area contributed by atoms with E-state index in [1.807, 2.05) is 12.1 Å². The lowest BCUT2D eigenvalue weighted by molar-refractivity contribution is 0.0845. The monoisotopic (exact) mass is 209 g/mol. The van der Waals surface area contributed by atoms with Crippen molar-refractivity contribution in [3.63, 3.8) is 0 Å². The SMILES string of the molecule is C[C@@H](N[C@@H]1CCCC[C@@H]1O)c1ccco1. The van der Waals surface area contributed by atoms with E-state index in [4.69, 9.17) is 4.42 Å². The van der Waals surface area contributed by atoms with Crippen molar-refractivity contribution in [1.82, 2.24) is 5.32 Å². The maximum absolute atomic E-state index is 9.82. The Bertz CT molecular complexity index is 284. The molecule has 2 N–H and O–H groups in total. The van der Waals surface area contributed by atoms with Crippen LogP contribution in [0.25, 0.3) is 0 Å². The molecule has 15 heavy (non-hydrogen) atoms. The summed E-state index contributed by atoms with van der Waals surface area (Å²) in [5.41, 5.74) is 0. The quantitative estimate of drug-likeness (QED) is 0.802. The van der Waals surface area contributed by atoms with Gasteiger partial charge >= 0.3 is 0 Å². The summed E-state index contributed by atoms with van der Waals surface area (Å²) in [5.74, 6) is 0.938. The average molecular weight is 209 g/mol. The van der Waals surface area contributed by atoms with Crippen molar-refractivity contribution < 1.29 is 9.52 Å². The third-order valence-corrected chi connectivity index (χ3v) is 3.16. The van der Waals surface area contributed by atoms with Crippen LogP contribution in [0.5, 0.6) is 0 Å². The molecular weight excluding hydrogens is 190 g/mol. The number of furan rings is 1. The Morgan fingerprint density at radius 1 is 1.47 bits per heavy atom. The number of hydrogen-bond donors (Lipinski definition) is 2. The highest BCUT2D eigenvalue weighted by Crippen LogP contribution is 2.22. The third kappa shape index (κ3) is 2.61. The summed E-state index contributed by atoms with van der Waals surface area (Å²) in [4.78, 5) is 0. The van der Waals surface area contributed by atoms with Crippen LogP contribution in [-0.4, -0.2) is 17.3 Å². The molecule has 1 aromatic heterocycles. The van der Waals surface area contributed by atoms with Gasteiger partial charge in [0.1, 0.15) is 5.76 Å². The molecule has 1 aliphatic rings. The predicted octanol–water partition coefficient (Wildman–Crippen LogP) is 2.23. The number of nitrogens with one attached hydrogen (secondary N) is 1. The Kier molecular flexibility index (Phi) is 3.44. The number of hydrogen-bond acceptors (Lipinski definition) is 3. The molecule has 0 aromatic carbocycles. The summed E-state index contributed by atoms with van der Waals surface area (Å²) in [7, 11) is 0. The van der Waals surface area contributed by atoms with Gasteiger partial charge in [0.15, 0.2) is 0 Å². The van der Waals surface area contributed by atoms with E-state index in [0.717, 1.165) is 25.0 Å². The average Bonchev–Trinajstić information content (AvgIpc) is 2.74. The molecule has 1 saturated carbocycles. The maximum atomic E-state index is 9.82. The summed E-state index contributed by atoms with van der Waals surface area (Å²) in [6.07, 6.45) is 5.82. The first-order valence-electron chi connectivity index (χ1n) is 5.75. The van der Waals surface area contributed by atoms with E-state index in [0.29, 0.717) is 0 Å². The van der Waals surface area contributed by atoms with Crippen LogP contribution in [0.2, 0.25) is 0 Å². The van der Waals surface area contributed by atoms with Crippen LogP contribution >= 0.6 is 0 Å². The first-order chi connectivity index (χ1) is 7.27. The van der Waals surface area contributed by atoms with Crippen LogP contribution in [0.4, 0.5) is 0 Å². The molecule has 3 nitrogen and oxygen atoms in total. The Balaban J connectivity index is 1.90. The van der Waals surface area contributed by atoms with Crippen molar-refractivity contribution in [2.24, 2.45) is 0 Å². The molecule has 0 bridgehead atoms. The number of aliphatic hydroxyl groups is 1. The minimum absolute atomic E-state index is 0.178. The largest absolute Gasteiger partial charge is 0.468 e. The van der Waals surface area contributed by atoms with Gasteiger partial charge in [-0.25, -0.2) is 0 Å². The maximum Gasteiger partial charge on any atom is 0.120 e. The zero-order valence-electron chi connectivity index (χ0n) is 9.15. The van der Waals surface area contributed by atoms with E-state index < -0.39 is 0 Å². The number of rotatable bonds is 3. The standard InChI is InChI=1S/C12H19NO2/c1-9(12-7-4-8-15-12)13-10-5-2-3-6-11(10)14/h4,7-11,13-14H,2-3,5-6H2,1H3/t9-,10-,11+/m1/s1. The molecular formula is C12H19NO2. The van der Waals surface area contributed by atoms with Gasteiger partial charge < -0.3 is 14.8 Å². The predicted molar refractivity (Wildman–Crippen MR) is 58.5 cm³/mol. The molecule has 1 heterocycles. The lowest BCUT2D eigenvalue weighted by Gasteiger charge is -2.30. The molecule has 3 atom stereocenters. The van der Waals surface area contributed by atoms with Gasteiger partial charge in [-0.2, -0.15) is 0 Å². The van der Waals surface area contributed by atoms with Crippen LogP contribution in [0, 0.1) is 0 Å². The molecule has 2 rings (SSSR count). The van der Waals surface area contributed by atoms with Crippen molar-refractivity contribution in [3.8, 4) is 0 Å². The fraction of sp³-hybridized carbons (Fsp3) is 0.667. The second-order valence-electron chi connectivity index (χ2n) is 4.36. The zero-order chi connectivity index (χ0) is 10.7. The van der Waals surface area contributed by atoms with E-state index in [-0.39, 0.29) is 18.2 Å². The van der Waals surface area contributed by atoms with E-state index in [9.17, 15) is 5.11 Å². The van der Waals surface area contributed by atoms with Crippen molar-refractivity contribution in [1.29, 1.82) is 0 Å². The van der Waals surface area contributed by atoms with E-state index in [2.05, 4.69) is 12.2 Å². The first-order valence-corrected chi connectivity index (χ1v) is 5.75. The Morgan fingerprint density at radius 3 is 2.93 bits per heavy atom. The second kappa shape index (κ2) is 4.81. The van der Waals surface area contributed by atoms with Gasteiger partial charge in [-0.15, -0.1) is 0 Å². The molecule has 1 aliphatic carbocycles. The highest BCUT2D eigenvalue weighted by Gasteiger charge is 2.24. The van der Waals surface area contributed by atoms with Crippen LogP contribution in [-0.2, 0) is 0 Å². The highest BCUT2D eigenvalue weighted by atomic mass is 16.3. The van der Waals surface area contributed by atoms with Crippen LogP contribution < -0.4 is 5.32 Å². The molecule has 0 saturated heterocycles. The Labute approximate surface area is 90.5 Å². The van der Waals surface area contributed by atoms with Gasteiger partial charge in [-0.3, -0.25) is 0 Å². The molecule has 0 radical (unpaired) electrons. The molecule has 84 valence electrons. The smallest absolute Gasteiger partial charge is 0.120 e.